The molecule has 0 saturated carbocycles. The first kappa shape index (κ1) is 21.4. The summed E-state index contributed by atoms with van der Waals surface area (Å²) in [5.41, 5.74) is 1.87. The number of carbonyl (C=O) groups is 2. The van der Waals surface area contributed by atoms with Crippen LogP contribution in [0.1, 0.15) is 31.7 Å². The van der Waals surface area contributed by atoms with Crippen molar-refractivity contribution in [1.29, 1.82) is 0 Å². The van der Waals surface area contributed by atoms with Crippen LogP contribution in [0.3, 0.4) is 0 Å². The van der Waals surface area contributed by atoms with Gasteiger partial charge in [0.25, 0.3) is 5.69 Å². The number of nitrogens with zero attached hydrogens (tertiary/aromatic N) is 1. The first-order valence-electron chi connectivity index (χ1n) is 8.96. The van der Waals surface area contributed by atoms with Crippen LogP contribution in [0, 0.1) is 17.0 Å². The van der Waals surface area contributed by atoms with Crippen LogP contribution in [-0.2, 0) is 9.59 Å². The number of thioether (sulfide) groups is 1. The van der Waals surface area contributed by atoms with Crippen molar-refractivity contribution in [3.63, 3.8) is 0 Å². The maximum absolute atomic E-state index is 12.2. The zero-order chi connectivity index (χ0) is 20.5. The van der Waals surface area contributed by atoms with Crippen LogP contribution >= 0.6 is 11.8 Å². The molecule has 0 heterocycles. The van der Waals surface area contributed by atoms with Gasteiger partial charge in [0.05, 0.1) is 10.7 Å². The van der Waals surface area contributed by atoms with Gasteiger partial charge in [-0.25, -0.2) is 0 Å². The van der Waals surface area contributed by atoms with Gasteiger partial charge in [0.2, 0.25) is 11.8 Å². The van der Waals surface area contributed by atoms with E-state index < -0.39 is 4.92 Å². The minimum atomic E-state index is -0.470. The monoisotopic (exact) mass is 401 g/mol. The number of aryl methyl sites for hydroxylation is 1. The Morgan fingerprint density at radius 3 is 2.57 bits per heavy atom. The number of hydrogen-bond donors (Lipinski definition) is 2. The molecule has 0 aliphatic rings. The first-order chi connectivity index (χ1) is 13.4. The average molecular weight is 401 g/mol. The molecule has 0 aliphatic heterocycles. The Morgan fingerprint density at radius 1 is 1.11 bits per heavy atom. The summed E-state index contributed by atoms with van der Waals surface area (Å²) in [6.45, 7) is 3.74. The molecule has 0 bridgehead atoms. The summed E-state index contributed by atoms with van der Waals surface area (Å²) in [7, 11) is 0. The molecule has 2 aromatic rings. The summed E-state index contributed by atoms with van der Waals surface area (Å²) in [4.78, 5) is 35.2. The second kappa shape index (κ2) is 10.5. The quantitative estimate of drug-likeness (QED) is 0.358. The SMILES string of the molecule is CCCCC(=O)Nc1cccc(SCC(=O)Nc2ccc([N+](=O)[O-])cc2C)c1. The predicted molar refractivity (Wildman–Crippen MR) is 112 cm³/mol. The summed E-state index contributed by atoms with van der Waals surface area (Å²) in [5.74, 6) is -0.0429. The van der Waals surface area contributed by atoms with Gasteiger partial charge in [0.15, 0.2) is 0 Å². The molecule has 0 saturated heterocycles. The van der Waals surface area contributed by atoms with Crippen molar-refractivity contribution in [2.24, 2.45) is 0 Å². The Hall–Kier alpha value is -2.87. The molecule has 148 valence electrons. The summed E-state index contributed by atoms with van der Waals surface area (Å²) >= 11 is 1.35. The summed E-state index contributed by atoms with van der Waals surface area (Å²) in [5, 5.41) is 16.4. The highest BCUT2D eigenvalue weighted by molar-refractivity contribution is 8.00. The molecule has 7 nitrogen and oxygen atoms in total. The molecular weight excluding hydrogens is 378 g/mol. The molecule has 2 N–H and O–H groups in total. The van der Waals surface area contributed by atoms with E-state index in [0.717, 1.165) is 17.7 Å². The Balaban J connectivity index is 1.90. The van der Waals surface area contributed by atoms with Crippen LogP contribution in [0.4, 0.5) is 17.1 Å². The molecule has 0 atom stereocenters. The van der Waals surface area contributed by atoms with Gasteiger partial charge in [-0.3, -0.25) is 19.7 Å². The maximum atomic E-state index is 12.2. The Bertz CT molecular complexity index is 870. The third-order valence-corrected chi connectivity index (χ3v) is 4.93. The number of nitro groups is 1. The normalized spacial score (nSPS) is 10.4. The molecule has 0 radical (unpaired) electrons. The molecule has 8 heteroatoms. The lowest BCUT2D eigenvalue weighted by molar-refractivity contribution is -0.384. The summed E-state index contributed by atoms with van der Waals surface area (Å²) in [6.07, 6.45) is 2.31. The van der Waals surface area contributed by atoms with Gasteiger partial charge in [-0.2, -0.15) is 0 Å². The molecule has 0 fully saturated rings. The van der Waals surface area contributed by atoms with Gasteiger partial charge < -0.3 is 10.6 Å². The van der Waals surface area contributed by atoms with Gasteiger partial charge >= 0.3 is 0 Å². The number of nitrogens with one attached hydrogen (secondary N) is 2. The van der Waals surface area contributed by atoms with Crippen LogP contribution in [-0.4, -0.2) is 22.5 Å². The number of benzene rings is 2. The van der Waals surface area contributed by atoms with Crippen molar-refractivity contribution in [2.75, 3.05) is 16.4 Å². The number of carbonyl (C=O) groups excluding carboxylic acids is 2. The summed E-state index contributed by atoms with van der Waals surface area (Å²) in [6, 6.07) is 11.7. The number of hydrogen-bond acceptors (Lipinski definition) is 5. The van der Waals surface area contributed by atoms with E-state index in [1.165, 1.54) is 30.0 Å². The molecule has 0 spiro atoms. The smallest absolute Gasteiger partial charge is 0.269 e. The van der Waals surface area contributed by atoms with Gasteiger partial charge in [0.1, 0.15) is 0 Å². The van der Waals surface area contributed by atoms with Crippen molar-refractivity contribution in [3.8, 4) is 0 Å². The maximum Gasteiger partial charge on any atom is 0.269 e. The number of non-ortho nitro benzene ring substituents is 1. The second-order valence-corrected chi connectivity index (χ2v) is 7.32. The number of anilines is 2. The van der Waals surface area contributed by atoms with Gasteiger partial charge in [0, 0.05) is 34.8 Å². The Kier molecular flexibility index (Phi) is 8.01. The fourth-order valence-corrected chi connectivity index (χ4v) is 3.22. The summed E-state index contributed by atoms with van der Waals surface area (Å²) < 4.78 is 0. The minimum absolute atomic E-state index is 0.0114. The fraction of sp³-hybridized carbons (Fsp3) is 0.300. The van der Waals surface area contributed by atoms with Crippen LogP contribution in [0.15, 0.2) is 47.4 Å². The standard InChI is InChI=1S/C20H23N3O4S/c1-3-4-8-19(24)21-15-6-5-7-17(12-15)28-13-20(25)22-18-10-9-16(23(26)27)11-14(18)2/h5-7,9-12H,3-4,8,13H2,1-2H3,(H,21,24)(H,22,25). The van der Waals surface area contributed by atoms with Gasteiger partial charge in [-0.15, -0.1) is 11.8 Å². The molecule has 2 amide bonds. The Labute approximate surface area is 168 Å². The highest BCUT2D eigenvalue weighted by atomic mass is 32.2. The van der Waals surface area contributed by atoms with E-state index in [1.54, 1.807) is 6.92 Å². The van der Waals surface area contributed by atoms with Crippen LogP contribution in [0.5, 0.6) is 0 Å². The van der Waals surface area contributed by atoms with E-state index in [4.69, 9.17) is 0 Å². The van der Waals surface area contributed by atoms with E-state index in [1.807, 2.05) is 31.2 Å². The third kappa shape index (κ3) is 6.70. The van der Waals surface area contributed by atoms with Crippen molar-refractivity contribution >= 4 is 40.6 Å². The lowest BCUT2D eigenvalue weighted by atomic mass is 10.2. The molecule has 28 heavy (non-hydrogen) atoms. The zero-order valence-corrected chi connectivity index (χ0v) is 16.7. The number of nitro benzene ring substituents is 1. The first-order valence-corrected chi connectivity index (χ1v) is 9.95. The third-order valence-electron chi connectivity index (χ3n) is 3.94. The largest absolute Gasteiger partial charge is 0.326 e. The minimum Gasteiger partial charge on any atom is -0.326 e. The van der Waals surface area contributed by atoms with E-state index >= 15 is 0 Å². The van der Waals surface area contributed by atoms with E-state index in [9.17, 15) is 19.7 Å². The molecule has 0 aromatic heterocycles. The lowest BCUT2D eigenvalue weighted by Crippen LogP contribution is -2.15. The highest BCUT2D eigenvalue weighted by Gasteiger charge is 2.11. The van der Waals surface area contributed by atoms with Crippen molar-refractivity contribution in [3.05, 3.63) is 58.1 Å². The number of rotatable bonds is 9. The van der Waals surface area contributed by atoms with Crippen LogP contribution in [0.25, 0.3) is 0 Å². The fourth-order valence-electron chi connectivity index (χ4n) is 2.46. The lowest BCUT2D eigenvalue weighted by Gasteiger charge is -2.09. The topological polar surface area (TPSA) is 101 Å². The zero-order valence-electron chi connectivity index (χ0n) is 15.9. The molecule has 2 rings (SSSR count). The second-order valence-electron chi connectivity index (χ2n) is 6.27. The molecule has 0 unspecified atom stereocenters. The van der Waals surface area contributed by atoms with Gasteiger partial charge in [-0.05, 0) is 43.2 Å². The van der Waals surface area contributed by atoms with Crippen molar-refractivity contribution in [2.45, 2.75) is 38.0 Å². The van der Waals surface area contributed by atoms with Crippen molar-refractivity contribution < 1.29 is 14.5 Å². The van der Waals surface area contributed by atoms with Crippen LogP contribution in [0.2, 0.25) is 0 Å². The van der Waals surface area contributed by atoms with Crippen molar-refractivity contribution in [1.82, 2.24) is 0 Å². The number of amides is 2. The van der Waals surface area contributed by atoms with E-state index in [-0.39, 0.29) is 23.3 Å². The van der Waals surface area contributed by atoms with Gasteiger partial charge in [-0.1, -0.05) is 19.4 Å². The average Bonchev–Trinajstić information content (AvgIpc) is 2.66. The number of unbranched alkanes of at least 4 members (excludes halogenated alkanes) is 1. The highest BCUT2D eigenvalue weighted by Crippen LogP contribution is 2.24. The molecule has 2 aromatic carbocycles. The van der Waals surface area contributed by atoms with E-state index in [0.29, 0.717) is 23.4 Å². The van der Waals surface area contributed by atoms with Crippen LogP contribution < -0.4 is 10.6 Å². The molecular formula is C20H23N3O4S. The predicted octanol–water partition coefficient (Wildman–Crippen LogP) is 4.76. The molecule has 0 aliphatic carbocycles. The Morgan fingerprint density at radius 2 is 1.89 bits per heavy atom. The van der Waals surface area contributed by atoms with E-state index in [2.05, 4.69) is 10.6 Å².